The molecule has 0 heterocycles. The van der Waals surface area contributed by atoms with Crippen LogP contribution in [0.1, 0.15) is 81.1 Å². The first-order chi connectivity index (χ1) is 22.7. The van der Waals surface area contributed by atoms with Crippen LogP contribution in [0.25, 0.3) is 0 Å². The molecular weight excluding hydrogens is 598 g/mol. The summed E-state index contributed by atoms with van der Waals surface area (Å²) in [5.41, 5.74) is 1.22. The minimum Gasteiger partial charge on any atom is -0.462 e. The zero-order valence-electron chi connectivity index (χ0n) is 27.3. The fraction of sp³-hybridized carbons (Fsp3) is 0.541. The second kappa shape index (κ2) is 16.1. The Bertz CT molecular complexity index is 1370. The van der Waals surface area contributed by atoms with E-state index >= 15 is 0 Å². The molecule has 47 heavy (non-hydrogen) atoms. The Morgan fingerprint density at radius 2 is 1.40 bits per heavy atom. The summed E-state index contributed by atoms with van der Waals surface area (Å²) in [6.07, 6.45) is 6.14. The molecule has 4 saturated carbocycles. The summed E-state index contributed by atoms with van der Waals surface area (Å²) in [6.45, 7) is 3.40. The van der Waals surface area contributed by atoms with E-state index in [2.05, 4.69) is 16.0 Å². The van der Waals surface area contributed by atoms with E-state index in [9.17, 15) is 24.0 Å². The topological polar surface area (TPSA) is 140 Å². The fourth-order valence-electron chi connectivity index (χ4n) is 7.66. The predicted octanol–water partition coefficient (Wildman–Crippen LogP) is 4.32. The quantitative estimate of drug-likeness (QED) is 0.245. The van der Waals surface area contributed by atoms with Gasteiger partial charge in [0.25, 0.3) is 5.91 Å². The smallest absolute Gasteiger partial charge is 0.325 e. The molecule has 3 N–H and O–H groups in total. The van der Waals surface area contributed by atoms with Gasteiger partial charge in [0.05, 0.1) is 0 Å². The third kappa shape index (κ3) is 9.20. The summed E-state index contributed by atoms with van der Waals surface area (Å²) in [7, 11) is 0. The Kier molecular flexibility index (Phi) is 11.7. The van der Waals surface area contributed by atoms with Crippen LogP contribution in [-0.4, -0.2) is 54.4 Å². The lowest BCUT2D eigenvalue weighted by molar-refractivity contribution is -0.171. The van der Waals surface area contributed by atoms with E-state index < -0.39 is 48.3 Å². The number of nitrogens with one attached hydrogen (secondary N) is 3. The van der Waals surface area contributed by atoms with Crippen LogP contribution in [0, 0.1) is 29.6 Å². The second-order valence-corrected chi connectivity index (χ2v) is 13.6. The molecular formula is C37H47N3O7. The van der Waals surface area contributed by atoms with Crippen LogP contribution in [0.3, 0.4) is 0 Å². The second-order valence-electron chi connectivity index (χ2n) is 13.6. The SMILES string of the molecule is CC[C@H](C)[C@H](NC(=O)c1ccccc1)C(=O)N[C@@H](CCC(=O)OC1C2CC3CC(C2)CC1C3)C(=O)NCC(=O)OCc1ccccc1. The van der Waals surface area contributed by atoms with Crippen LogP contribution in [0.2, 0.25) is 0 Å². The van der Waals surface area contributed by atoms with Gasteiger partial charge in [-0.2, -0.15) is 0 Å². The molecule has 0 aliphatic heterocycles. The van der Waals surface area contributed by atoms with Crippen LogP contribution in [0.15, 0.2) is 60.7 Å². The van der Waals surface area contributed by atoms with Crippen molar-refractivity contribution in [1.82, 2.24) is 16.0 Å². The average molecular weight is 646 g/mol. The number of hydrogen-bond acceptors (Lipinski definition) is 7. The van der Waals surface area contributed by atoms with Crippen molar-refractivity contribution < 1.29 is 33.4 Å². The number of esters is 2. The zero-order chi connectivity index (χ0) is 33.3. The first-order valence-electron chi connectivity index (χ1n) is 17.0. The molecule has 3 atom stereocenters. The van der Waals surface area contributed by atoms with Gasteiger partial charge in [0.15, 0.2) is 0 Å². The summed E-state index contributed by atoms with van der Waals surface area (Å²) in [6, 6.07) is 15.7. The van der Waals surface area contributed by atoms with Gasteiger partial charge in [0, 0.05) is 12.0 Å². The zero-order valence-corrected chi connectivity index (χ0v) is 27.3. The van der Waals surface area contributed by atoms with Gasteiger partial charge in [-0.05, 0) is 85.8 Å². The number of ether oxygens (including phenoxy) is 2. The van der Waals surface area contributed by atoms with E-state index in [4.69, 9.17) is 9.47 Å². The Balaban J connectivity index is 1.21. The summed E-state index contributed by atoms with van der Waals surface area (Å²) in [5, 5.41) is 8.12. The first kappa shape index (κ1) is 34.1. The lowest BCUT2D eigenvalue weighted by Crippen LogP contribution is -2.56. The molecule has 4 fully saturated rings. The normalized spacial score (nSPS) is 24.3. The maximum atomic E-state index is 13.6. The van der Waals surface area contributed by atoms with Crippen molar-refractivity contribution in [3.05, 3.63) is 71.8 Å². The molecule has 10 heteroatoms. The molecule has 4 aliphatic rings. The predicted molar refractivity (Wildman–Crippen MR) is 174 cm³/mol. The first-order valence-corrected chi connectivity index (χ1v) is 17.0. The van der Waals surface area contributed by atoms with Gasteiger partial charge in [-0.3, -0.25) is 24.0 Å². The molecule has 2 aromatic carbocycles. The third-order valence-corrected chi connectivity index (χ3v) is 10.1. The highest BCUT2D eigenvalue weighted by atomic mass is 16.5. The number of hydrogen-bond donors (Lipinski definition) is 3. The lowest BCUT2D eigenvalue weighted by atomic mass is 9.55. The van der Waals surface area contributed by atoms with Crippen LogP contribution in [0.4, 0.5) is 0 Å². The van der Waals surface area contributed by atoms with Crippen LogP contribution >= 0.6 is 0 Å². The Labute approximate surface area is 276 Å². The summed E-state index contributed by atoms with van der Waals surface area (Å²) in [5.74, 6) is -0.574. The van der Waals surface area contributed by atoms with E-state index in [0.29, 0.717) is 23.8 Å². The van der Waals surface area contributed by atoms with Crippen molar-refractivity contribution in [1.29, 1.82) is 0 Å². The Hall–Kier alpha value is -4.21. The van der Waals surface area contributed by atoms with E-state index in [1.165, 1.54) is 6.42 Å². The number of rotatable bonds is 15. The minimum atomic E-state index is -1.14. The Morgan fingerprint density at radius 1 is 0.787 bits per heavy atom. The van der Waals surface area contributed by atoms with Gasteiger partial charge in [0.1, 0.15) is 31.3 Å². The minimum absolute atomic E-state index is 0.0252. The van der Waals surface area contributed by atoms with Crippen LogP contribution < -0.4 is 16.0 Å². The largest absolute Gasteiger partial charge is 0.462 e. The molecule has 10 nitrogen and oxygen atoms in total. The van der Waals surface area contributed by atoms with Crippen molar-refractivity contribution in [2.45, 2.75) is 90.0 Å². The standard InChI is InChI=1S/C37H47N3O7/c1-3-23(2)33(40-35(43)27-12-8-5-9-13-27)37(45)39-30(36(44)38-21-32(42)46-22-24-10-6-4-7-11-24)14-15-31(41)47-34-28-17-25-16-26(19-28)20-29(34)18-25/h4-13,23,25-26,28-30,33-34H,3,14-22H2,1-2H3,(H,38,44)(H,39,45)(H,40,43)/t23-,25?,26?,28?,29?,30-,33-,34?/m0/s1. The van der Waals surface area contributed by atoms with Gasteiger partial charge in [0.2, 0.25) is 11.8 Å². The third-order valence-electron chi connectivity index (χ3n) is 10.1. The van der Waals surface area contributed by atoms with E-state index in [1.54, 1.807) is 30.3 Å². The van der Waals surface area contributed by atoms with Gasteiger partial charge < -0.3 is 25.4 Å². The van der Waals surface area contributed by atoms with Gasteiger partial charge >= 0.3 is 11.9 Å². The van der Waals surface area contributed by atoms with Crippen LogP contribution in [-0.2, 0) is 35.3 Å². The molecule has 252 valence electrons. The molecule has 0 aromatic heterocycles. The van der Waals surface area contributed by atoms with Crippen LogP contribution in [0.5, 0.6) is 0 Å². The highest BCUT2D eigenvalue weighted by molar-refractivity contribution is 5.98. The van der Waals surface area contributed by atoms with E-state index in [-0.39, 0.29) is 31.5 Å². The number of benzene rings is 2. The molecule has 0 radical (unpaired) electrons. The van der Waals surface area contributed by atoms with E-state index in [0.717, 1.165) is 43.1 Å². The monoisotopic (exact) mass is 645 g/mol. The molecule has 6 rings (SSSR count). The molecule has 3 amide bonds. The molecule has 4 aliphatic carbocycles. The van der Waals surface area contributed by atoms with Gasteiger partial charge in [-0.25, -0.2) is 0 Å². The maximum Gasteiger partial charge on any atom is 0.325 e. The molecule has 2 aromatic rings. The van der Waals surface area contributed by atoms with Crippen molar-refractivity contribution in [3.8, 4) is 0 Å². The number of amides is 3. The van der Waals surface area contributed by atoms with Gasteiger partial charge in [-0.1, -0.05) is 68.8 Å². The summed E-state index contributed by atoms with van der Waals surface area (Å²) < 4.78 is 11.3. The van der Waals surface area contributed by atoms with Gasteiger partial charge in [-0.15, -0.1) is 0 Å². The maximum absolute atomic E-state index is 13.6. The number of carbonyl (C=O) groups is 5. The van der Waals surface area contributed by atoms with Crippen molar-refractivity contribution >= 4 is 29.7 Å². The van der Waals surface area contributed by atoms with Crippen molar-refractivity contribution in [2.75, 3.05) is 6.54 Å². The van der Waals surface area contributed by atoms with E-state index in [1.807, 2.05) is 44.2 Å². The van der Waals surface area contributed by atoms with Crippen molar-refractivity contribution in [2.24, 2.45) is 29.6 Å². The summed E-state index contributed by atoms with van der Waals surface area (Å²) >= 11 is 0. The average Bonchev–Trinajstić information content (AvgIpc) is 3.08. The molecule has 0 spiro atoms. The lowest BCUT2D eigenvalue weighted by Gasteiger charge is -2.53. The van der Waals surface area contributed by atoms with Crippen molar-refractivity contribution in [3.63, 3.8) is 0 Å². The molecule has 0 saturated heterocycles. The highest BCUT2D eigenvalue weighted by Gasteiger charge is 2.50. The molecule has 4 bridgehead atoms. The fourth-order valence-corrected chi connectivity index (χ4v) is 7.66. The Morgan fingerprint density at radius 3 is 2.02 bits per heavy atom. The highest BCUT2D eigenvalue weighted by Crippen LogP contribution is 2.54. The number of carbonyl (C=O) groups excluding carboxylic acids is 5. The molecule has 0 unspecified atom stereocenters. The summed E-state index contributed by atoms with van der Waals surface area (Å²) in [4.78, 5) is 65.5.